The van der Waals surface area contributed by atoms with E-state index in [2.05, 4.69) is 9.71 Å². The lowest BCUT2D eigenvalue weighted by atomic mass is 10.2. The molecule has 0 radical (unpaired) electrons. The molecule has 21 heavy (non-hydrogen) atoms. The number of aromatic nitrogens is 1. The Kier molecular flexibility index (Phi) is 4.31. The zero-order valence-corrected chi connectivity index (χ0v) is 12.2. The molecule has 0 fully saturated rings. The van der Waals surface area contributed by atoms with Crippen LogP contribution in [0.25, 0.3) is 0 Å². The van der Waals surface area contributed by atoms with E-state index in [-0.39, 0.29) is 22.3 Å². The lowest BCUT2D eigenvalue weighted by Crippen LogP contribution is -2.16. The Bertz CT molecular complexity index is 798. The molecule has 0 atom stereocenters. The summed E-state index contributed by atoms with van der Waals surface area (Å²) in [6.45, 7) is 0. The van der Waals surface area contributed by atoms with Gasteiger partial charge in [0.15, 0.2) is 11.6 Å². The van der Waals surface area contributed by atoms with Crippen molar-refractivity contribution in [2.24, 2.45) is 0 Å². The van der Waals surface area contributed by atoms with Crippen molar-refractivity contribution in [1.82, 2.24) is 4.98 Å². The Morgan fingerprint density at radius 3 is 2.57 bits per heavy atom. The molecule has 8 heteroatoms. The maximum Gasteiger partial charge on any atom is 0.238 e. The first-order chi connectivity index (χ1) is 9.89. The fourth-order valence-electron chi connectivity index (χ4n) is 1.59. The second kappa shape index (κ2) is 5.99. The highest BCUT2D eigenvalue weighted by Crippen LogP contribution is 2.25. The second-order valence-electron chi connectivity index (χ2n) is 4.19. The van der Waals surface area contributed by atoms with Crippen LogP contribution in [0.5, 0.6) is 5.75 Å². The molecule has 0 unspecified atom stereocenters. The SMILES string of the molecule is N#Cc1ccc(CS(=O)(=O)Nc2ncc(Cl)cc2O)cc1. The van der Waals surface area contributed by atoms with Gasteiger partial charge in [-0.25, -0.2) is 13.4 Å². The summed E-state index contributed by atoms with van der Waals surface area (Å²) in [5, 5.41) is 18.5. The molecule has 0 spiro atoms. The molecule has 0 saturated carbocycles. The third kappa shape index (κ3) is 4.08. The summed E-state index contributed by atoms with van der Waals surface area (Å²) in [5.74, 6) is -0.846. The molecule has 1 aromatic heterocycles. The molecule has 6 nitrogen and oxygen atoms in total. The van der Waals surface area contributed by atoms with E-state index in [1.807, 2.05) is 6.07 Å². The van der Waals surface area contributed by atoms with E-state index in [4.69, 9.17) is 16.9 Å². The van der Waals surface area contributed by atoms with Crippen molar-refractivity contribution >= 4 is 27.4 Å². The highest BCUT2D eigenvalue weighted by Gasteiger charge is 2.15. The van der Waals surface area contributed by atoms with Gasteiger partial charge in [0.2, 0.25) is 10.0 Å². The smallest absolute Gasteiger partial charge is 0.238 e. The van der Waals surface area contributed by atoms with Crippen molar-refractivity contribution in [3.8, 4) is 11.8 Å². The predicted octanol–water partition coefficient (Wildman–Crippen LogP) is 2.25. The number of hydrogen-bond acceptors (Lipinski definition) is 5. The fourth-order valence-corrected chi connectivity index (χ4v) is 2.89. The van der Waals surface area contributed by atoms with Gasteiger partial charge in [-0.1, -0.05) is 23.7 Å². The van der Waals surface area contributed by atoms with Gasteiger partial charge in [-0.15, -0.1) is 0 Å². The van der Waals surface area contributed by atoms with Gasteiger partial charge in [-0.05, 0) is 17.7 Å². The standard InChI is InChI=1S/C13H10ClN3O3S/c14-11-5-12(18)13(16-7-11)17-21(19,20)8-10-3-1-9(6-15)2-4-10/h1-5,7,18H,8H2,(H,16,17). The van der Waals surface area contributed by atoms with E-state index < -0.39 is 10.0 Å². The van der Waals surface area contributed by atoms with E-state index in [0.29, 0.717) is 11.1 Å². The average Bonchev–Trinajstić information content (AvgIpc) is 2.42. The molecule has 0 aliphatic heterocycles. The van der Waals surface area contributed by atoms with Gasteiger partial charge < -0.3 is 5.11 Å². The van der Waals surface area contributed by atoms with E-state index in [9.17, 15) is 13.5 Å². The number of nitrogens with one attached hydrogen (secondary N) is 1. The number of halogens is 1. The molecule has 108 valence electrons. The molecule has 0 aliphatic carbocycles. The predicted molar refractivity (Wildman–Crippen MR) is 78.3 cm³/mol. The molecule has 2 aromatic rings. The van der Waals surface area contributed by atoms with Gasteiger partial charge in [0.1, 0.15) is 0 Å². The van der Waals surface area contributed by atoms with Crippen LogP contribution >= 0.6 is 11.6 Å². The molecule has 0 bridgehead atoms. The zero-order chi connectivity index (χ0) is 15.5. The highest BCUT2D eigenvalue weighted by molar-refractivity contribution is 7.91. The van der Waals surface area contributed by atoms with Crippen LogP contribution in [0.1, 0.15) is 11.1 Å². The number of benzene rings is 1. The minimum Gasteiger partial charge on any atom is -0.504 e. The number of aromatic hydroxyl groups is 1. The van der Waals surface area contributed by atoms with Crippen LogP contribution in [0.4, 0.5) is 5.82 Å². The lowest BCUT2D eigenvalue weighted by molar-refractivity contribution is 0.475. The molecule has 1 aromatic carbocycles. The highest BCUT2D eigenvalue weighted by atomic mass is 35.5. The number of sulfonamides is 1. The molecular weight excluding hydrogens is 314 g/mol. The minimum atomic E-state index is -3.74. The molecule has 0 aliphatic rings. The van der Waals surface area contributed by atoms with Crippen LogP contribution in [0, 0.1) is 11.3 Å². The summed E-state index contributed by atoms with van der Waals surface area (Å²) in [5.41, 5.74) is 0.955. The quantitative estimate of drug-likeness (QED) is 0.898. The first-order valence-corrected chi connectivity index (χ1v) is 7.77. The second-order valence-corrected chi connectivity index (χ2v) is 6.35. The number of pyridine rings is 1. The number of nitrogens with zero attached hydrogens (tertiary/aromatic N) is 2. The van der Waals surface area contributed by atoms with Crippen LogP contribution in [-0.2, 0) is 15.8 Å². The summed E-state index contributed by atoms with van der Waals surface area (Å²) in [4.78, 5) is 3.72. The molecule has 0 amide bonds. The van der Waals surface area contributed by atoms with Crippen LogP contribution in [0.2, 0.25) is 5.02 Å². The van der Waals surface area contributed by atoms with E-state index in [0.717, 1.165) is 0 Å². The van der Waals surface area contributed by atoms with E-state index in [1.54, 1.807) is 12.1 Å². The number of rotatable bonds is 4. The fraction of sp³-hybridized carbons (Fsp3) is 0.0769. The summed E-state index contributed by atoms with van der Waals surface area (Å²) in [6.07, 6.45) is 1.22. The maximum absolute atomic E-state index is 12.0. The van der Waals surface area contributed by atoms with Gasteiger partial charge >= 0.3 is 0 Å². The van der Waals surface area contributed by atoms with E-state index in [1.165, 1.54) is 24.4 Å². The Hall–Kier alpha value is -2.30. The lowest BCUT2D eigenvalue weighted by Gasteiger charge is -2.09. The van der Waals surface area contributed by atoms with Crippen molar-refractivity contribution in [3.63, 3.8) is 0 Å². The van der Waals surface area contributed by atoms with Crippen molar-refractivity contribution in [1.29, 1.82) is 5.26 Å². The largest absolute Gasteiger partial charge is 0.504 e. The summed E-state index contributed by atoms with van der Waals surface area (Å²) >= 11 is 5.62. The monoisotopic (exact) mass is 323 g/mol. The third-order valence-electron chi connectivity index (χ3n) is 2.53. The first-order valence-electron chi connectivity index (χ1n) is 5.74. The summed E-state index contributed by atoms with van der Waals surface area (Å²) in [6, 6.07) is 9.30. The molecule has 1 heterocycles. The number of nitriles is 1. The van der Waals surface area contributed by atoms with Gasteiger partial charge in [0, 0.05) is 12.3 Å². The van der Waals surface area contributed by atoms with Crippen LogP contribution < -0.4 is 4.72 Å². The average molecular weight is 324 g/mol. The van der Waals surface area contributed by atoms with Gasteiger partial charge in [-0.3, -0.25) is 4.72 Å². The normalized spacial score (nSPS) is 10.9. The van der Waals surface area contributed by atoms with Crippen molar-refractivity contribution < 1.29 is 13.5 Å². The zero-order valence-electron chi connectivity index (χ0n) is 10.6. The van der Waals surface area contributed by atoms with Crippen LogP contribution in [0.3, 0.4) is 0 Å². The van der Waals surface area contributed by atoms with Crippen molar-refractivity contribution in [3.05, 3.63) is 52.7 Å². The summed E-state index contributed by atoms with van der Waals surface area (Å²) in [7, 11) is -3.74. The Morgan fingerprint density at radius 2 is 2.00 bits per heavy atom. The summed E-state index contributed by atoms with van der Waals surface area (Å²) < 4.78 is 26.2. The van der Waals surface area contributed by atoms with Crippen LogP contribution in [-0.4, -0.2) is 18.5 Å². The Morgan fingerprint density at radius 1 is 1.33 bits per heavy atom. The van der Waals surface area contributed by atoms with Gasteiger partial charge in [0.05, 0.1) is 22.4 Å². The topological polar surface area (TPSA) is 103 Å². The number of hydrogen-bond donors (Lipinski definition) is 2. The van der Waals surface area contributed by atoms with Gasteiger partial charge in [0.25, 0.3) is 0 Å². The van der Waals surface area contributed by atoms with Crippen molar-refractivity contribution in [2.45, 2.75) is 5.75 Å². The minimum absolute atomic E-state index is 0.187. The first kappa shape index (κ1) is 15.1. The van der Waals surface area contributed by atoms with Crippen LogP contribution in [0.15, 0.2) is 36.5 Å². The third-order valence-corrected chi connectivity index (χ3v) is 3.95. The molecule has 2 rings (SSSR count). The maximum atomic E-state index is 12.0. The number of anilines is 1. The Labute approximate surface area is 126 Å². The Balaban J connectivity index is 2.16. The van der Waals surface area contributed by atoms with E-state index >= 15 is 0 Å². The molecular formula is C13H10ClN3O3S. The van der Waals surface area contributed by atoms with Gasteiger partial charge in [-0.2, -0.15) is 5.26 Å². The molecule has 0 saturated heterocycles. The molecule has 2 N–H and O–H groups in total. The van der Waals surface area contributed by atoms with Crippen molar-refractivity contribution in [2.75, 3.05) is 4.72 Å².